The van der Waals surface area contributed by atoms with Crippen molar-refractivity contribution >= 4 is 17.5 Å². The van der Waals surface area contributed by atoms with Gasteiger partial charge in [0.25, 0.3) is 6.01 Å². The van der Waals surface area contributed by atoms with Gasteiger partial charge in [0, 0.05) is 11.6 Å². The summed E-state index contributed by atoms with van der Waals surface area (Å²) in [5.41, 5.74) is 6.76. The largest absolute Gasteiger partial charge is 0.497 e. The summed E-state index contributed by atoms with van der Waals surface area (Å²) in [7, 11) is 1.57. The van der Waals surface area contributed by atoms with Crippen LogP contribution in [-0.4, -0.2) is 28.1 Å². The van der Waals surface area contributed by atoms with Gasteiger partial charge >= 0.3 is 6.18 Å². The van der Waals surface area contributed by atoms with Gasteiger partial charge in [-0.25, -0.2) is 9.97 Å². The van der Waals surface area contributed by atoms with Crippen molar-refractivity contribution in [1.82, 2.24) is 9.97 Å². The summed E-state index contributed by atoms with van der Waals surface area (Å²) in [5.74, 6) is 0.946. The lowest BCUT2D eigenvalue weighted by Gasteiger charge is -2.12. The Kier molecular flexibility index (Phi) is 6.95. The molecule has 0 fully saturated rings. The summed E-state index contributed by atoms with van der Waals surface area (Å²) in [4.78, 5) is 8.29. The number of oxime groups is 1. The molecule has 12 heteroatoms. The number of benzene rings is 2. The molecular weight excluding hydrogens is 479 g/mol. The fourth-order valence-corrected chi connectivity index (χ4v) is 3.16. The number of oxazole rings is 1. The number of alkyl halides is 3. The molecule has 0 saturated carbocycles. The van der Waals surface area contributed by atoms with E-state index >= 15 is 0 Å². The lowest BCUT2D eigenvalue weighted by molar-refractivity contribution is -0.137. The first-order valence-electron chi connectivity index (χ1n) is 10.4. The highest BCUT2D eigenvalue weighted by atomic mass is 19.4. The van der Waals surface area contributed by atoms with E-state index in [0.717, 1.165) is 17.7 Å². The van der Waals surface area contributed by atoms with Gasteiger partial charge in [0.1, 0.15) is 12.4 Å². The van der Waals surface area contributed by atoms with Gasteiger partial charge in [-0.05, 0) is 29.8 Å². The SMILES string of the molecule is COc1ccc(COc2cc(Nc3ncc(-c4ccc(C(F)(F)F)cc4)o3)cnc2C(N)=NO)cc1. The molecule has 0 bridgehead atoms. The number of hydrogen-bond donors (Lipinski definition) is 3. The number of anilines is 2. The van der Waals surface area contributed by atoms with E-state index in [2.05, 4.69) is 20.4 Å². The van der Waals surface area contributed by atoms with E-state index in [9.17, 15) is 13.2 Å². The molecule has 186 valence electrons. The smallest absolute Gasteiger partial charge is 0.416 e. The van der Waals surface area contributed by atoms with Crippen LogP contribution < -0.4 is 20.5 Å². The van der Waals surface area contributed by atoms with Crippen LogP contribution in [-0.2, 0) is 12.8 Å². The number of nitrogens with zero attached hydrogens (tertiary/aromatic N) is 3. The Morgan fingerprint density at radius 1 is 1.08 bits per heavy atom. The van der Waals surface area contributed by atoms with Gasteiger partial charge in [0.05, 0.1) is 30.8 Å². The fourth-order valence-electron chi connectivity index (χ4n) is 3.16. The van der Waals surface area contributed by atoms with E-state index in [-0.39, 0.29) is 35.7 Å². The zero-order chi connectivity index (χ0) is 25.7. The molecule has 0 unspecified atom stereocenters. The molecule has 9 nitrogen and oxygen atoms in total. The molecule has 2 heterocycles. The van der Waals surface area contributed by atoms with E-state index in [1.165, 1.54) is 24.5 Å². The van der Waals surface area contributed by atoms with Crippen LogP contribution in [0.1, 0.15) is 16.8 Å². The molecule has 2 aromatic heterocycles. The van der Waals surface area contributed by atoms with Crippen LogP contribution in [0.2, 0.25) is 0 Å². The highest BCUT2D eigenvalue weighted by Crippen LogP contribution is 2.32. The predicted molar refractivity (Wildman–Crippen MR) is 124 cm³/mol. The first-order valence-corrected chi connectivity index (χ1v) is 10.4. The Morgan fingerprint density at radius 3 is 2.44 bits per heavy atom. The molecule has 0 aliphatic rings. The summed E-state index contributed by atoms with van der Waals surface area (Å²) >= 11 is 0. The summed E-state index contributed by atoms with van der Waals surface area (Å²) in [6, 6.07) is 13.4. The Hall–Kier alpha value is -4.74. The standard InChI is InChI=1S/C24H20F3N5O4/c1-34-18-8-2-14(3-9-18)13-35-19-10-17(11-29-21(19)22(28)32-33)31-23-30-12-20(36-23)15-4-6-16(7-5-15)24(25,26)27/h2-12,33H,13H2,1H3,(H2,28,32)(H,30,31). The van der Waals surface area contributed by atoms with Gasteiger partial charge in [-0.1, -0.05) is 29.4 Å². The quantitative estimate of drug-likeness (QED) is 0.131. The highest BCUT2D eigenvalue weighted by Gasteiger charge is 2.30. The van der Waals surface area contributed by atoms with E-state index in [1.54, 1.807) is 25.3 Å². The monoisotopic (exact) mass is 499 g/mol. The number of halogens is 3. The van der Waals surface area contributed by atoms with E-state index < -0.39 is 11.7 Å². The molecule has 4 aromatic rings. The van der Waals surface area contributed by atoms with Crippen molar-refractivity contribution < 1.29 is 32.3 Å². The van der Waals surface area contributed by atoms with Crippen LogP contribution >= 0.6 is 0 Å². The van der Waals surface area contributed by atoms with Crippen LogP contribution in [0.5, 0.6) is 11.5 Å². The van der Waals surface area contributed by atoms with Gasteiger partial charge < -0.3 is 30.1 Å². The maximum absolute atomic E-state index is 12.8. The van der Waals surface area contributed by atoms with Gasteiger partial charge in [-0.15, -0.1) is 0 Å². The number of ether oxygens (including phenoxy) is 2. The van der Waals surface area contributed by atoms with Crippen LogP contribution in [0.3, 0.4) is 0 Å². The minimum absolute atomic E-state index is 0.0735. The van der Waals surface area contributed by atoms with E-state index in [0.29, 0.717) is 17.0 Å². The van der Waals surface area contributed by atoms with Crippen LogP contribution in [0.25, 0.3) is 11.3 Å². The zero-order valence-electron chi connectivity index (χ0n) is 18.8. The molecule has 0 atom stereocenters. The van der Waals surface area contributed by atoms with Crippen LogP contribution in [0, 0.1) is 0 Å². The third kappa shape index (κ3) is 5.66. The number of aromatic nitrogens is 2. The van der Waals surface area contributed by atoms with E-state index in [1.807, 2.05) is 12.1 Å². The van der Waals surface area contributed by atoms with Crippen molar-refractivity contribution in [3.8, 4) is 22.8 Å². The number of amidine groups is 1. The number of rotatable bonds is 8. The number of hydrogen-bond acceptors (Lipinski definition) is 8. The maximum atomic E-state index is 12.8. The second-order valence-corrected chi connectivity index (χ2v) is 7.42. The second-order valence-electron chi connectivity index (χ2n) is 7.42. The number of nitrogens with two attached hydrogens (primary N) is 1. The minimum atomic E-state index is -4.43. The topological polar surface area (TPSA) is 128 Å². The third-order valence-electron chi connectivity index (χ3n) is 5.01. The summed E-state index contributed by atoms with van der Waals surface area (Å²) in [6.45, 7) is 0.165. The Bertz CT molecular complexity index is 1350. The molecule has 0 radical (unpaired) electrons. The lowest BCUT2D eigenvalue weighted by Crippen LogP contribution is -2.17. The first kappa shape index (κ1) is 24.4. The van der Waals surface area contributed by atoms with Gasteiger partial charge in [0.15, 0.2) is 23.0 Å². The maximum Gasteiger partial charge on any atom is 0.416 e. The molecule has 0 aliphatic carbocycles. The molecular formula is C24H20F3N5O4. The van der Waals surface area contributed by atoms with Crippen molar-refractivity contribution in [2.75, 3.05) is 12.4 Å². The lowest BCUT2D eigenvalue weighted by atomic mass is 10.1. The van der Waals surface area contributed by atoms with Crippen LogP contribution in [0.15, 0.2) is 76.6 Å². The Morgan fingerprint density at radius 2 is 1.81 bits per heavy atom. The zero-order valence-corrected chi connectivity index (χ0v) is 18.8. The average molecular weight is 499 g/mol. The van der Waals surface area contributed by atoms with Gasteiger partial charge in [0.2, 0.25) is 0 Å². The van der Waals surface area contributed by atoms with Crippen molar-refractivity contribution in [2.45, 2.75) is 12.8 Å². The summed E-state index contributed by atoms with van der Waals surface area (Å²) in [6.07, 6.45) is -1.65. The minimum Gasteiger partial charge on any atom is -0.497 e. The fraction of sp³-hybridized carbons (Fsp3) is 0.125. The number of methoxy groups -OCH3 is 1. The summed E-state index contributed by atoms with van der Waals surface area (Å²) < 4.78 is 55.0. The normalized spacial score (nSPS) is 11.8. The molecule has 0 amide bonds. The van der Waals surface area contributed by atoms with Gasteiger partial charge in [-0.3, -0.25) is 0 Å². The Balaban J connectivity index is 1.51. The molecule has 36 heavy (non-hydrogen) atoms. The van der Waals surface area contributed by atoms with Crippen molar-refractivity contribution in [3.63, 3.8) is 0 Å². The highest BCUT2D eigenvalue weighted by molar-refractivity contribution is 5.98. The van der Waals surface area contributed by atoms with Gasteiger partial charge in [-0.2, -0.15) is 13.2 Å². The summed E-state index contributed by atoms with van der Waals surface area (Å²) in [5, 5.41) is 15.0. The van der Waals surface area contributed by atoms with Crippen molar-refractivity contribution in [3.05, 3.63) is 83.8 Å². The molecule has 0 saturated heterocycles. The van der Waals surface area contributed by atoms with Crippen molar-refractivity contribution in [2.24, 2.45) is 10.9 Å². The predicted octanol–water partition coefficient (Wildman–Crippen LogP) is 5.18. The number of nitrogens with one attached hydrogen (secondary N) is 1. The number of pyridine rings is 1. The third-order valence-corrected chi connectivity index (χ3v) is 5.01. The van der Waals surface area contributed by atoms with E-state index in [4.69, 9.17) is 24.8 Å². The second kappa shape index (κ2) is 10.3. The Labute approximate surface area is 203 Å². The van der Waals surface area contributed by atoms with Crippen molar-refractivity contribution in [1.29, 1.82) is 0 Å². The molecule has 4 N–H and O–H groups in total. The average Bonchev–Trinajstić information content (AvgIpc) is 3.35. The van der Waals surface area contributed by atoms with Crippen LogP contribution in [0.4, 0.5) is 24.9 Å². The molecule has 0 spiro atoms. The molecule has 0 aliphatic heterocycles. The molecule has 2 aromatic carbocycles. The first-order chi connectivity index (χ1) is 17.3. The molecule has 4 rings (SSSR count).